The van der Waals surface area contributed by atoms with Gasteiger partial charge in [-0.1, -0.05) is 6.07 Å². The molecule has 0 fully saturated rings. The molecule has 2 aromatic rings. The quantitative estimate of drug-likeness (QED) is 0.606. The summed E-state index contributed by atoms with van der Waals surface area (Å²) in [6.07, 6.45) is 1.61. The zero-order valence-electron chi connectivity index (χ0n) is 7.57. The fourth-order valence-electron chi connectivity index (χ4n) is 1.46. The minimum absolute atomic E-state index is 0.594. The van der Waals surface area contributed by atoms with Gasteiger partial charge in [0.05, 0.1) is 6.20 Å². The summed E-state index contributed by atoms with van der Waals surface area (Å²) in [5.74, 6) is 0. The largest absolute Gasteiger partial charge is 0.288 e. The van der Waals surface area contributed by atoms with Crippen LogP contribution in [0.25, 0.3) is 5.65 Å². The van der Waals surface area contributed by atoms with Gasteiger partial charge in [-0.15, -0.1) is 0 Å². The van der Waals surface area contributed by atoms with Crippen molar-refractivity contribution in [2.24, 2.45) is 0 Å². The van der Waals surface area contributed by atoms with Gasteiger partial charge < -0.3 is 0 Å². The Labute approximate surface area is 76.3 Å². The molecule has 0 N–H and O–H groups in total. The molecule has 0 aliphatic heterocycles. The minimum Gasteiger partial charge on any atom is -0.288 e. The average molecular weight is 171 g/mol. The Bertz CT molecular complexity index is 503. The van der Waals surface area contributed by atoms with Gasteiger partial charge in [-0.3, -0.25) is 4.40 Å². The Morgan fingerprint density at radius 3 is 2.85 bits per heavy atom. The Kier molecular flexibility index (Phi) is 1.56. The highest BCUT2D eigenvalue weighted by molar-refractivity contribution is 5.51. The summed E-state index contributed by atoms with van der Waals surface area (Å²) in [4.78, 5) is 4.19. The van der Waals surface area contributed by atoms with E-state index in [2.05, 4.69) is 11.1 Å². The van der Waals surface area contributed by atoms with E-state index < -0.39 is 0 Å². The van der Waals surface area contributed by atoms with Gasteiger partial charge in [0.25, 0.3) is 0 Å². The number of nitrogens with zero attached hydrogens (tertiary/aromatic N) is 3. The van der Waals surface area contributed by atoms with Crippen molar-refractivity contribution in [3.63, 3.8) is 0 Å². The number of rotatable bonds is 0. The van der Waals surface area contributed by atoms with Gasteiger partial charge >= 0.3 is 0 Å². The van der Waals surface area contributed by atoms with Crippen LogP contribution in [-0.4, -0.2) is 9.38 Å². The first-order valence-electron chi connectivity index (χ1n) is 4.08. The van der Waals surface area contributed by atoms with Crippen LogP contribution in [0, 0.1) is 25.2 Å². The molecular weight excluding hydrogens is 162 g/mol. The number of pyridine rings is 1. The molecule has 0 aliphatic carbocycles. The van der Waals surface area contributed by atoms with E-state index in [1.807, 2.05) is 30.4 Å². The Morgan fingerprint density at radius 1 is 1.38 bits per heavy atom. The lowest BCUT2D eigenvalue weighted by Crippen LogP contribution is -1.95. The lowest BCUT2D eigenvalue weighted by molar-refractivity contribution is 1.06. The monoisotopic (exact) mass is 171 g/mol. The predicted molar refractivity (Wildman–Crippen MR) is 49.4 cm³/mol. The maximum atomic E-state index is 8.83. The number of hydrogen-bond acceptors (Lipinski definition) is 2. The molecule has 2 rings (SSSR count). The van der Waals surface area contributed by atoms with Crippen LogP contribution >= 0.6 is 0 Å². The Hall–Kier alpha value is -1.82. The van der Waals surface area contributed by atoms with Crippen molar-refractivity contribution in [2.45, 2.75) is 13.8 Å². The van der Waals surface area contributed by atoms with Gasteiger partial charge in [-0.05, 0) is 25.5 Å². The third-order valence-electron chi connectivity index (χ3n) is 2.16. The predicted octanol–water partition coefficient (Wildman–Crippen LogP) is 1.82. The lowest BCUT2D eigenvalue weighted by atomic mass is 10.2. The van der Waals surface area contributed by atoms with Crippen LogP contribution in [0.15, 0.2) is 18.3 Å². The van der Waals surface area contributed by atoms with Crippen LogP contribution in [0.5, 0.6) is 0 Å². The molecule has 0 saturated carbocycles. The van der Waals surface area contributed by atoms with Crippen LogP contribution < -0.4 is 0 Å². The van der Waals surface area contributed by atoms with Crippen molar-refractivity contribution in [2.75, 3.05) is 0 Å². The van der Waals surface area contributed by atoms with Crippen LogP contribution in [0.2, 0.25) is 0 Å². The fraction of sp³-hybridized carbons (Fsp3) is 0.200. The van der Waals surface area contributed by atoms with Crippen molar-refractivity contribution < 1.29 is 0 Å². The molecule has 64 valence electrons. The third kappa shape index (κ3) is 0.994. The molecule has 0 aromatic carbocycles. The van der Waals surface area contributed by atoms with Crippen molar-refractivity contribution in [3.8, 4) is 6.07 Å². The Balaban J connectivity index is 2.98. The first kappa shape index (κ1) is 7.81. The molecule has 0 amide bonds. The SMILES string of the molecule is Cc1ccc(C)n2c(C#N)cnc12. The summed E-state index contributed by atoms with van der Waals surface area (Å²) in [6.45, 7) is 3.96. The number of imidazole rings is 1. The van der Waals surface area contributed by atoms with E-state index in [0.29, 0.717) is 5.69 Å². The summed E-state index contributed by atoms with van der Waals surface area (Å²) >= 11 is 0. The van der Waals surface area contributed by atoms with E-state index in [9.17, 15) is 0 Å². The highest BCUT2D eigenvalue weighted by Crippen LogP contribution is 2.13. The van der Waals surface area contributed by atoms with Crippen molar-refractivity contribution in [3.05, 3.63) is 35.3 Å². The van der Waals surface area contributed by atoms with Crippen LogP contribution in [0.1, 0.15) is 17.0 Å². The number of aromatic nitrogens is 2. The van der Waals surface area contributed by atoms with Crippen molar-refractivity contribution in [1.82, 2.24) is 9.38 Å². The highest BCUT2D eigenvalue weighted by Gasteiger charge is 2.05. The summed E-state index contributed by atoms with van der Waals surface area (Å²) in [6, 6.07) is 6.12. The van der Waals surface area contributed by atoms with E-state index in [1.165, 1.54) is 0 Å². The van der Waals surface area contributed by atoms with E-state index in [4.69, 9.17) is 5.26 Å². The second kappa shape index (κ2) is 2.60. The van der Waals surface area contributed by atoms with Gasteiger partial charge in [0, 0.05) is 5.69 Å². The first-order valence-corrected chi connectivity index (χ1v) is 4.08. The van der Waals surface area contributed by atoms with Crippen molar-refractivity contribution >= 4 is 5.65 Å². The first-order chi connectivity index (χ1) is 6.24. The van der Waals surface area contributed by atoms with Crippen LogP contribution in [0.3, 0.4) is 0 Å². The summed E-state index contributed by atoms with van der Waals surface area (Å²) in [5, 5.41) is 8.83. The second-order valence-corrected chi connectivity index (χ2v) is 3.07. The standard InChI is InChI=1S/C10H9N3/c1-7-3-4-8(2)13-9(5-11)6-12-10(7)13/h3-4,6H,1-2H3. The van der Waals surface area contributed by atoms with Gasteiger partial charge in [-0.2, -0.15) is 5.26 Å². The molecule has 0 unspecified atom stereocenters. The van der Waals surface area contributed by atoms with Gasteiger partial charge in [0.2, 0.25) is 0 Å². The molecule has 0 atom stereocenters. The lowest BCUT2D eigenvalue weighted by Gasteiger charge is -2.02. The fourth-order valence-corrected chi connectivity index (χ4v) is 1.46. The third-order valence-corrected chi connectivity index (χ3v) is 2.16. The number of aryl methyl sites for hydroxylation is 2. The molecule has 0 saturated heterocycles. The number of fused-ring (bicyclic) bond motifs is 1. The van der Waals surface area contributed by atoms with Gasteiger partial charge in [0.15, 0.2) is 0 Å². The summed E-state index contributed by atoms with van der Waals surface area (Å²) in [7, 11) is 0. The Morgan fingerprint density at radius 2 is 2.15 bits per heavy atom. The number of nitriles is 1. The molecule has 0 aliphatic rings. The molecule has 13 heavy (non-hydrogen) atoms. The molecule has 0 radical (unpaired) electrons. The summed E-state index contributed by atoms with van der Waals surface area (Å²) < 4.78 is 1.87. The van der Waals surface area contributed by atoms with E-state index in [-0.39, 0.29) is 0 Å². The molecule has 2 heterocycles. The average Bonchev–Trinajstić information content (AvgIpc) is 2.56. The van der Waals surface area contributed by atoms with Gasteiger partial charge in [0.1, 0.15) is 17.4 Å². The van der Waals surface area contributed by atoms with E-state index in [0.717, 1.165) is 16.9 Å². The maximum absolute atomic E-state index is 8.83. The zero-order chi connectivity index (χ0) is 9.42. The zero-order valence-corrected chi connectivity index (χ0v) is 7.57. The minimum atomic E-state index is 0.594. The topological polar surface area (TPSA) is 41.1 Å². The molecule has 2 aromatic heterocycles. The molecule has 0 spiro atoms. The van der Waals surface area contributed by atoms with E-state index >= 15 is 0 Å². The van der Waals surface area contributed by atoms with Gasteiger partial charge in [-0.25, -0.2) is 4.98 Å². The summed E-state index contributed by atoms with van der Waals surface area (Å²) in [5.41, 5.74) is 3.59. The normalized spacial score (nSPS) is 10.2. The highest BCUT2D eigenvalue weighted by atomic mass is 15.0. The van der Waals surface area contributed by atoms with Crippen LogP contribution in [-0.2, 0) is 0 Å². The molecule has 3 nitrogen and oxygen atoms in total. The van der Waals surface area contributed by atoms with E-state index in [1.54, 1.807) is 6.20 Å². The molecule has 3 heteroatoms. The number of hydrogen-bond donors (Lipinski definition) is 0. The molecular formula is C10H9N3. The second-order valence-electron chi connectivity index (χ2n) is 3.07. The maximum Gasteiger partial charge on any atom is 0.144 e. The van der Waals surface area contributed by atoms with Crippen LogP contribution in [0.4, 0.5) is 0 Å². The van der Waals surface area contributed by atoms with Crippen molar-refractivity contribution in [1.29, 1.82) is 5.26 Å². The smallest absolute Gasteiger partial charge is 0.144 e. The molecule has 0 bridgehead atoms.